The van der Waals surface area contributed by atoms with Gasteiger partial charge in [0, 0.05) is 0 Å². The van der Waals surface area contributed by atoms with E-state index in [4.69, 9.17) is 0 Å². The number of ketones is 2. The number of carbonyl (C=O) groups excluding carboxylic acids is 2. The molecule has 0 aliphatic carbocycles. The fraction of sp³-hybridized carbons (Fsp3) is 0.750. The largest absolute Gasteiger partial charge is 0.299 e. The lowest BCUT2D eigenvalue weighted by molar-refractivity contribution is -0.120. The van der Waals surface area contributed by atoms with E-state index >= 15 is 0 Å². The van der Waals surface area contributed by atoms with E-state index in [1.807, 2.05) is 11.8 Å². The zero-order valence-electron chi connectivity index (χ0n) is 7.39. The highest BCUT2D eigenvalue weighted by Crippen LogP contribution is 1.88. The molecule has 0 rings (SSSR count). The Hall–Kier alpha value is -0.700. The van der Waals surface area contributed by atoms with Crippen LogP contribution >= 0.6 is 0 Å². The number of carbonyl (C=O) groups is 2. The number of nitrogens with zero attached hydrogens (tertiary/aromatic N) is 1. The van der Waals surface area contributed by atoms with Gasteiger partial charge >= 0.3 is 0 Å². The molecule has 3 heteroatoms. The lowest BCUT2D eigenvalue weighted by atomic mass is 10.3. The van der Waals surface area contributed by atoms with Gasteiger partial charge in [-0.1, -0.05) is 6.92 Å². The van der Waals surface area contributed by atoms with E-state index in [1.165, 1.54) is 13.8 Å². The molecule has 0 radical (unpaired) electrons. The molecule has 0 amide bonds. The van der Waals surface area contributed by atoms with Crippen LogP contribution in [0.2, 0.25) is 0 Å². The first-order valence-electron chi connectivity index (χ1n) is 3.77. The summed E-state index contributed by atoms with van der Waals surface area (Å²) in [5.74, 6) is 0.209. The van der Waals surface area contributed by atoms with Gasteiger partial charge in [0.25, 0.3) is 0 Å². The molecule has 0 aliphatic heterocycles. The van der Waals surface area contributed by atoms with E-state index < -0.39 is 0 Å². The first-order chi connectivity index (χ1) is 5.06. The minimum Gasteiger partial charge on any atom is -0.299 e. The van der Waals surface area contributed by atoms with Crippen molar-refractivity contribution in [2.24, 2.45) is 0 Å². The van der Waals surface area contributed by atoms with Crippen molar-refractivity contribution in [1.29, 1.82) is 0 Å². The van der Waals surface area contributed by atoms with Crippen LogP contribution in [0.5, 0.6) is 0 Å². The van der Waals surface area contributed by atoms with Gasteiger partial charge in [-0.05, 0) is 20.4 Å². The number of hydrogen-bond acceptors (Lipinski definition) is 3. The van der Waals surface area contributed by atoms with Crippen molar-refractivity contribution in [3.63, 3.8) is 0 Å². The summed E-state index contributed by atoms with van der Waals surface area (Å²) in [7, 11) is 0. The molecule has 0 fully saturated rings. The maximum absolute atomic E-state index is 10.6. The summed E-state index contributed by atoms with van der Waals surface area (Å²) in [6.45, 7) is 6.52. The Morgan fingerprint density at radius 2 is 1.45 bits per heavy atom. The Morgan fingerprint density at radius 3 is 1.64 bits per heavy atom. The Morgan fingerprint density at radius 1 is 1.09 bits per heavy atom. The highest BCUT2D eigenvalue weighted by atomic mass is 16.1. The standard InChI is InChI=1S/C8H15NO2/c1-4-9(5-7(2)10)6-8(3)11/h4-6H2,1-3H3. The van der Waals surface area contributed by atoms with E-state index in [0.717, 1.165) is 6.54 Å². The van der Waals surface area contributed by atoms with Gasteiger partial charge < -0.3 is 0 Å². The maximum atomic E-state index is 10.6. The number of Topliss-reactive ketones (excluding diaryl/α,β-unsaturated/α-hetero) is 2. The summed E-state index contributed by atoms with van der Waals surface area (Å²) in [6.07, 6.45) is 0. The van der Waals surface area contributed by atoms with Gasteiger partial charge in [0.05, 0.1) is 13.1 Å². The smallest absolute Gasteiger partial charge is 0.143 e. The topological polar surface area (TPSA) is 37.4 Å². The zero-order valence-corrected chi connectivity index (χ0v) is 7.39. The molecule has 0 saturated heterocycles. The third-order valence-electron chi connectivity index (χ3n) is 1.34. The number of likely N-dealkylation sites (N-methyl/N-ethyl adjacent to an activating group) is 1. The molecule has 11 heavy (non-hydrogen) atoms. The molecule has 0 aromatic rings. The van der Waals surface area contributed by atoms with Crippen molar-refractivity contribution in [2.45, 2.75) is 20.8 Å². The summed E-state index contributed by atoms with van der Waals surface area (Å²) in [4.78, 5) is 23.1. The van der Waals surface area contributed by atoms with Crippen LogP contribution in [-0.4, -0.2) is 36.1 Å². The molecule has 64 valence electrons. The van der Waals surface area contributed by atoms with Gasteiger partial charge in [-0.2, -0.15) is 0 Å². The van der Waals surface area contributed by atoms with E-state index in [2.05, 4.69) is 0 Å². The van der Waals surface area contributed by atoms with Crippen LogP contribution in [0, 0.1) is 0 Å². The van der Waals surface area contributed by atoms with Gasteiger partial charge in [-0.15, -0.1) is 0 Å². The van der Waals surface area contributed by atoms with Crippen molar-refractivity contribution in [3.05, 3.63) is 0 Å². The van der Waals surface area contributed by atoms with Crippen LogP contribution in [0.15, 0.2) is 0 Å². The lowest BCUT2D eigenvalue weighted by Gasteiger charge is -2.15. The monoisotopic (exact) mass is 157 g/mol. The molecular formula is C8H15NO2. The van der Waals surface area contributed by atoms with Crippen molar-refractivity contribution in [2.75, 3.05) is 19.6 Å². The molecule has 0 heterocycles. The number of rotatable bonds is 5. The second-order valence-corrected chi connectivity index (χ2v) is 2.71. The fourth-order valence-corrected chi connectivity index (χ4v) is 0.909. The second kappa shape index (κ2) is 5.02. The summed E-state index contributed by atoms with van der Waals surface area (Å²) in [5, 5.41) is 0. The van der Waals surface area contributed by atoms with Crippen LogP contribution in [-0.2, 0) is 9.59 Å². The molecule has 0 spiro atoms. The third-order valence-corrected chi connectivity index (χ3v) is 1.34. The molecule has 0 unspecified atom stereocenters. The lowest BCUT2D eigenvalue weighted by Crippen LogP contribution is -2.32. The van der Waals surface area contributed by atoms with Crippen LogP contribution in [0.25, 0.3) is 0 Å². The Bertz CT molecular complexity index is 138. The van der Waals surface area contributed by atoms with Crippen molar-refractivity contribution in [3.8, 4) is 0 Å². The van der Waals surface area contributed by atoms with Gasteiger partial charge in [0.2, 0.25) is 0 Å². The molecule has 0 bridgehead atoms. The van der Waals surface area contributed by atoms with Crippen LogP contribution in [0.4, 0.5) is 0 Å². The predicted molar refractivity (Wildman–Crippen MR) is 43.5 cm³/mol. The van der Waals surface area contributed by atoms with Crippen LogP contribution in [0.3, 0.4) is 0 Å². The van der Waals surface area contributed by atoms with E-state index in [-0.39, 0.29) is 11.6 Å². The average Bonchev–Trinajstić information content (AvgIpc) is 1.84. The Kier molecular flexibility index (Phi) is 4.70. The van der Waals surface area contributed by atoms with Gasteiger partial charge in [0.15, 0.2) is 0 Å². The van der Waals surface area contributed by atoms with E-state index in [9.17, 15) is 9.59 Å². The quantitative estimate of drug-likeness (QED) is 0.582. The minimum atomic E-state index is 0.105. The molecule has 0 atom stereocenters. The van der Waals surface area contributed by atoms with Gasteiger partial charge in [-0.25, -0.2) is 0 Å². The molecule has 0 aromatic heterocycles. The molecule has 0 aromatic carbocycles. The minimum absolute atomic E-state index is 0.105. The molecular weight excluding hydrogens is 142 g/mol. The highest BCUT2D eigenvalue weighted by molar-refractivity contribution is 5.80. The predicted octanol–water partition coefficient (Wildman–Crippen LogP) is 0.486. The summed E-state index contributed by atoms with van der Waals surface area (Å²) in [5.41, 5.74) is 0. The SMILES string of the molecule is CCN(CC(C)=O)CC(C)=O. The third kappa shape index (κ3) is 5.73. The van der Waals surface area contributed by atoms with Crippen LogP contribution < -0.4 is 0 Å². The van der Waals surface area contributed by atoms with E-state index in [1.54, 1.807) is 0 Å². The highest BCUT2D eigenvalue weighted by Gasteiger charge is 2.06. The first kappa shape index (κ1) is 10.3. The van der Waals surface area contributed by atoms with Gasteiger partial charge in [-0.3, -0.25) is 14.5 Å². The maximum Gasteiger partial charge on any atom is 0.143 e. The normalized spacial score (nSPS) is 10.2. The molecule has 0 saturated carbocycles. The Balaban J connectivity index is 3.76. The van der Waals surface area contributed by atoms with Gasteiger partial charge in [0.1, 0.15) is 11.6 Å². The molecule has 3 nitrogen and oxygen atoms in total. The average molecular weight is 157 g/mol. The Labute approximate surface area is 67.4 Å². The molecule has 0 N–H and O–H groups in total. The van der Waals surface area contributed by atoms with Crippen molar-refractivity contribution >= 4 is 11.6 Å². The fourth-order valence-electron chi connectivity index (χ4n) is 0.909. The van der Waals surface area contributed by atoms with Crippen LogP contribution in [0.1, 0.15) is 20.8 Å². The van der Waals surface area contributed by atoms with Crippen molar-refractivity contribution < 1.29 is 9.59 Å². The summed E-state index contributed by atoms with van der Waals surface area (Å²) < 4.78 is 0. The van der Waals surface area contributed by atoms with Crippen molar-refractivity contribution in [1.82, 2.24) is 4.90 Å². The summed E-state index contributed by atoms with van der Waals surface area (Å²) >= 11 is 0. The number of hydrogen-bond donors (Lipinski definition) is 0. The first-order valence-corrected chi connectivity index (χ1v) is 3.77. The zero-order chi connectivity index (χ0) is 8.85. The van der Waals surface area contributed by atoms with E-state index in [0.29, 0.717) is 13.1 Å². The second-order valence-electron chi connectivity index (χ2n) is 2.71. The summed E-state index contributed by atoms with van der Waals surface area (Å²) in [6, 6.07) is 0. The molecule has 0 aliphatic rings.